The third-order valence-corrected chi connectivity index (χ3v) is 9.54. The van der Waals surface area contributed by atoms with Gasteiger partial charge in [0.1, 0.15) is 16.8 Å². The summed E-state index contributed by atoms with van der Waals surface area (Å²) in [5.41, 5.74) is -1.22. The summed E-state index contributed by atoms with van der Waals surface area (Å²) in [6.45, 7) is 6.39. The maximum Gasteiger partial charge on any atom is 0.336 e. The van der Waals surface area contributed by atoms with Crippen LogP contribution in [0, 0.1) is 23.7 Å². The molecule has 0 N–H and O–H groups in total. The first-order chi connectivity index (χ1) is 19.1. The second-order valence-corrected chi connectivity index (χ2v) is 12.1. The van der Waals surface area contributed by atoms with E-state index in [0.717, 1.165) is 25.7 Å². The van der Waals surface area contributed by atoms with E-state index in [1.165, 1.54) is 19.2 Å². The van der Waals surface area contributed by atoms with E-state index in [4.69, 9.17) is 33.1 Å². The highest BCUT2D eigenvalue weighted by atomic mass is 17.2. The molecule has 8 atom stereocenters. The fraction of sp³-hybridized carbons (Fsp3) is 0.633. The highest BCUT2D eigenvalue weighted by Gasteiger charge is 2.68. The van der Waals surface area contributed by atoms with Crippen LogP contribution in [-0.4, -0.2) is 42.6 Å². The van der Waals surface area contributed by atoms with Crippen molar-refractivity contribution in [1.82, 2.24) is 0 Å². The average molecular weight is 557 g/mol. The normalized spacial score (nSPS) is 36.4. The number of benzene rings is 1. The summed E-state index contributed by atoms with van der Waals surface area (Å²) in [5, 5.41) is 0.620. The van der Waals surface area contributed by atoms with Gasteiger partial charge in [0, 0.05) is 35.8 Å². The largest absolute Gasteiger partial charge is 0.493 e. The monoisotopic (exact) mass is 556 g/mol. The molecule has 1 spiro atoms. The van der Waals surface area contributed by atoms with Gasteiger partial charge in [0.05, 0.1) is 26.1 Å². The van der Waals surface area contributed by atoms with Crippen LogP contribution < -0.4 is 15.1 Å². The lowest BCUT2D eigenvalue weighted by molar-refractivity contribution is -0.494. The molecule has 2 bridgehead atoms. The van der Waals surface area contributed by atoms with Crippen molar-refractivity contribution in [2.75, 3.05) is 7.11 Å². The number of methoxy groups -OCH3 is 1. The van der Waals surface area contributed by atoms with E-state index >= 15 is 0 Å². The van der Waals surface area contributed by atoms with Crippen molar-refractivity contribution in [2.24, 2.45) is 23.7 Å². The molecule has 0 amide bonds. The second kappa shape index (κ2) is 10.2. The molecule has 1 aromatic heterocycles. The van der Waals surface area contributed by atoms with E-state index < -0.39 is 35.1 Å². The van der Waals surface area contributed by atoms with Gasteiger partial charge in [-0.05, 0) is 56.6 Å². The van der Waals surface area contributed by atoms with Crippen molar-refractivity contribution in [3.05, 3.63) is 34.7 Å². The highest BCUT2D eigenvalue weighted by Crippen LogP contribution is 2.61. The zero-order chi connectivity index (χ0) is 28.2. The maximum absolute atomic E-state index is 12.9. The maximum atomic E-state index is 12.9. The van der Waals surface area contributed by atoms with Crippen LogP contribution in [0.25, 0.3) is 11.0 Å². The summed E-state index contributed by atoms with van der Waals surface area (Å²) in [5.74, 6) is 0.0848. The minimum Gasteiger partial charge on any atom is -0.493 e. The second-order valence-electron chi connectivity index (χ2n) is 12.1. The number of esters is 2. The summed E-state index contributed by atoms with van der Waals surface area (Å²) in [6.07, 6.45) is 3.33. The standard InChI is InChI=1S/C30H36O10/c1-16-5-7-20-17(2)28(37-24-15-29(3)12-11-19(16)30(20,24)40-39-29)38-27(33)10-9-26(32)36-23-14-21-18(13-22(23)34-4)6-8-25(31)35-21/h6,8,13-14,16-17,19-20,24,28H,5,7,9-12,15H2,1-4H3/t16-,17-,19+,20+,24-,28+,29+,30-/m1/s1. The summed E-state index contributed by atoms with van der Waals surface area (Å²) < 4.78 is 28.3. The molecule has 0 radical (unpaired) electrons. The Morgan fingerprint density at radius 3 is 2.60 bits per heavy atom. The third kappa shape index (κ3) is 4.59. The topological polar surface area (TPSA) is 120 Å². The molecule has 2 saturated carbocycles. The van der Waals surface area contributed by atoms with Crippen LogP contribution in [0.4, 0.5) is 0 Å². The van der Waals surface area contributed by atoms with E-state index in [1.54, 1.807) is 12.1 Å². The lowest BCUT2D eigenvalue weighted by Gasteiger charge is -2.60. The number of hydrogen-bond acceptors (Lipinski definition) is 10. The quantitative estimate of drug-likeness (QED) is 0.214. The van der Waals surface area contributed by atoms with Gasteiger partial charge in [0.15, 0.2) is 11.5 Å². The van der Waals surface area contributed by atoms with Crippen LogP contribution in [0.15, 0.2) is 33.5 Å². The van der Waals surface area contributed by atoms with Gasteiger partial charge in [-0.15, -0.1) is 0 Å². The van der Waals surface area contributed by atoms with Crippen molar-refractivity contribution < 1.29 is 42.7 Å². The van der Waals surface area contributed by atoms with Crippen molar-refractivity contribution in [1.29, 1.82) is 0 Å². The van der Waals surface area contributed by atoms with E-state index in [2.05, 4.69) is 13.8 Å². The summed E-state index contributed by atoms with van der Waals surface area (Å²) in [7, 11) is 1.44. The zero-order valence-corrected chi connectivity index (χ0v) is 23.3. The zero-order valence-electron chi connectivity index (χ0n) is 23.3. The lowest BCUT2D eigenvalue weighted by Crippen LogP contribution is -2.69. The Bertz CT molecular complexity index is 1370. The highest BCUT2D eigenvalue weighted by molar-refractivity contribution is 5.84. The summed E-state index contributed by atoms with van der Waals surface area (Å²) >= 11 is 0. The number of carbonyl (C=O) groups is 2. The average Bonchev–Trinajstić information content (AvgIpc) is 3.15. The molecule has 4 heterocycles. The van der Waals surface area contributed by atoms with Gasteiger partial charge in [0.2, 0.25) is 6.29 Å². The molecule has 10 nitrogen and oxygen atoms in total. The molecule has 3 saturated heterocycles. The SMILES string of the molecule is COc1cc2ccc(=O)oc2cc1OC(=O)CCC(=O)O[C@@H]1O[C@@H]2C[C@]3(C)CC[C@H]4[C@H](C)CC[C@@H]([C@H]1C)[C@@]24OO3. The number of fused-ring (bicyclic) bond motifs is 3. The van der Waals surface area contributed by atoms with Crippen molar-refractivity contribution >= 4 is 22.9 Å². The molecule has 40 heavy (non-hydrogen) atoms. The van der Waals surface area contributed by atoms with Crippen LogP contribution in [0.3, 0.4) is 0 Å². The van der Waals surface area contributed by atoms with Gasteiger partial charge in [-0.3, -0.25) is 9.59 Å². The number of hydrogen-bond donors (Lipinski definition) is 0. The first-order valence-electron chi connectivity index (χ1n) is 14.2. The molecular formula is C30H36O10. The minimum atomic E-state index is -0.728. The molecule has 5 aliphatic rings. The Morgan fingerprint density at radius 2 is 1.80 bits per heavy atom. The third-order valence-electron chi connectivity index (χ3n) is 9.54. The Labute approximate surface area is 232 Å². The van der Waals surface area contributed by atoms with Gasteiger partial charge < -0.3 is 23.4 Å². The summed E-state index contributed by atoms with van der Waals surface area (Å²) in [4.78, 5) is 49.4. The van der Waals surface area contributed by atoms with Crippen molar-refractivity contribution in [3.8, 4) is 11.5 Å². The number of rotatable bonds is 6. The fourth-order valence-corrected chi connectivity index (χ4v) is 7.44. The van der Waals surface area contributed by atoms with Crippen LogP contribution in [-0.2, 0) is 28.8 Å². The first-order valence-corrected chi connectivity index (χ1v) is 14.2. The first kappa shape index (κ1) is 27.2. The fourth-order valence-electron chi connectivity index (χ4n) is 7.44. The predicted molar refractivity (Wildman–Crippen MR) is 140 cm³/mol. The van der Waals surface area contributed by atoms with Gasteiger partial charge in [-0.25, -0.2) is 14.6 Å². The Morgan fingerprint density at radius 1 is 1.00 bits per heavy atom. The predicted octanol–water partition coefficient (Wildman–Crippen LogP) is 4.70. The molecular weight excluding hydrogens is 520 g/mol. The molecule has 3 aliphatic heterocycles. The van der Waals surface area contributed by atoms with E-state index in [1.807, 2.05) is 6.92 Å². The Hall–Kier alpha value is -2.95. The molecule has 10 heteroatoms. The van der Waals surface area contributed by atoms with E-state index in [-0.39, 0.29) is 42.1 Å². The van der Waals surface area contributed by atoms with Crippen LogP contribution >= 0.6 is 0 Å². The van der Waals surface area contributed by atoms with E-state index in [9.17, 15) is 14.4 Å². The van der Waals surface area contributed by atoms with E-state index in [0.29, 0.717) is 29.4 Å². The number of ether oxygens (including phenoxy) is 4. The van der Waals surface area contributed by atoms with Gasteiger partial charge in [0.25, 0.3) is 0 Å². The summed E-state index contributed by atoms with van der Waals surface area (Å²) in [6, 6.07) is 5.92. The smallest absolute Gasteiger partial charge is 0.336 e. The Kier molecular flexibility index (Phi) is 6.91. The molecule has 7 rings (SSSR count). The van der Waals surface area contributed by atoms with Crippen molar-refractivity contribution in [2.45, 2.75) is 89.3 Å². The molecule has 2 aromatic rings. The van der Waals surface area contributed by atoms with Crippen LogP contribution in [0.5, 0.6) is 11.5 Å². The van der Waals surface area contributed by atoms with Crippen LogP contribution in [0.2, 0.25) is 0 Å². The van der Waals surface area contributed by atoms with Crippen LogP contribution in [0.1, 0.15) is 65.7 Å². The molecule has 216 valence electrons. The lowest BCUT2D eigenvalue weighted by atomic mass is 9.56. The van der Waals surface area contributed by atoms with Gasteiger partial charge in [-0.1, -0.05) is 13.8 Å². The number of carbonyl (C=O) groups excluding carboxylic acids is 2. The van der Waals surface area contributed by atoms with Crippen molar-refractivity contribution in [3.63, 3.8) is 0 Å². The van der Waals surface area contributed by atoms with Gasteiger partial charge in [-0.2, -0.15) is 0 Å². The molecule has 1 aromatic carbocycles. The minimum absolute atomic E-state index is 0.0928. The molecule has 0 unspecified atom stereocenters. The van der Waals surface area contributed by atoms with Gasteiger partial charge >= 0.3 is 17.6 Å². The molecule has 2 aliphatic carbocycles. The Balaban J connectivity index is 1.11. The molecule has 5 fully saturated rings.